The Morgan fingerprint density at radius 1 is 1.24 bits per heavy atom. The van der Waals surface area contributed by atoms with Crippen molar-refractivity contribution < 1.29 is 22.4 Å². The zero-order valence-electron chi connectivity index (χ0n) is 20.0. The molecule has 2 aromatic heterocycles. The SMILES string of the molecule is CC1CN(c2cc(F)c(-c3nc(C#N)cs3)cc2NC(=O)c2c[nH]c(=O)cc2C(F)(F)F)CC(C)N1C. The smallest absolute Gasteiger partial charge is 0.367 e. The number of amides is 1. The molecule has 0 aliphatic carbocycles. The van der Waals surface area contributed by atoms with Gasteiger partial charge in [0.2, 0.25) is 5.56 Å². The summed E-state index contributed by atoms with van der Waals surface area (Å²) in [5.74, 6) is -1.79. The molecule has 1 amide bonds. The molecule has 1 fully saturated rings. The van der Waals surface area contributed by atoms with Gasteiger partial charge >= 0.3 is 6.18 Å². The number of nitrogens with zero attached hydrogens (tertiary/aromatic N) is 4. The number of carbonyl (C=O) groups excluding carboxylic acids is 1. The highest BCUT2D eigenvalue weighted by molar-refractivity contribution is 7.13. The number of halogens is 4. The van der Waals surface area contributed by atoms with E-state index < -0.39 is 34.6 Å². The Morgan fingerprint density at radius 3 is 2.51 bits per heavy atom. The number of benzene rings is 1. The average Bonchev–Trinajstić information content (AvgIpc) is 3.31. The van der Waals surface area contributed by atoms with Gasteiger partial charge in [0.25, 0.3) is 5.91 Å². The van der Waals surface area contributed by atoms with Crippen molar-refractivity contribution >= 4 is 28.6 Å². The van der Waals surface area contributed by atoms with Gasteiger partial charge in [-0.05, 0) is 27.0 Å². The second kappa shape index (κ2) is 9.95. The summed E-state index contributed by atoms with van der Waals surface area (Å²) in [4.78, 5) is 34.8. The van der Waals surface area contributed by atoms with Crippen LogP contribution < -0.4 is 15.8 Å². The molecule has 3 aromatic rings. The largest absolute Gasteiger partial charge is 0.417 e. The maximum absolute atomic E-state index is 15.3. The molecule has 2 unspecified atom stereocenters. The standard InChI is InChI=1S/C24H22F4N6O2S/c1-12-9-34(10-13(2)33(12)3)20-6-18(25)15(23-31-14(7-29)11-37-23)4-19(20)32-22(36)16-8-30-21(35)5-17(16)24(26,27)28/h4-6,8,11-13H,9-10H2,1-3H3,(H,30,35)(H,32,36). The summed E-state index contributed by atoms with van der Waals surface area (Å²) in [6.07, 6.45) is -4.25. The number of thiazole rings is 1. The summed E-state index contributed by atoms with van der Waals surface area (Å²) >= 11 is 1.02. The number of hydrogen-bond acceptors (Lipinski definition) is 7. The number of aromatic amines is 1. The highest BCUT2D eigenvalue weighted by Crippen LogP contribution is 2.38. The van der Waals surface area contributed by atoms with Crippen LogP contribution in [0.1, 0.15) is 35.5 Å². The lowest BCUT2D eigenvalue weighted by Crippen LogP contribution is -2.55. The number of aromatic nitrogens is 2. The molecule has 13 heteroatoms. The fourth-order valence-corrected chi connectivity index (χ4v) is 4.99. The quantitative estimate of drug-likeness (QED) is 0.484. The molecule has 37 heavy (non-hydrogen) atoms. The van der Waals surface area contributed by atoms with Crippen LogP contribution in [0.3, 0.4) is 0 Å². The lowest BCUT2D eigenvalue weighted by Gasteiger charge is -2.44. The molecule has 0 spiro atoms. The van der Waals surface area contributed by atoms with Gasteiger partial charge in [0, 0.05) is 54.4 Å². The molecule has 0 bridgehead atoms. The Bertz CT molecular complexity index is 1430. The Morgan fingerprint density at radius 2 is 1.92 bits per heavy atom. The second-order valence-electron chi connectivity index (χ2n) is 8.84. The minimum Gasteiger partial charge on any atom is -0.367 e. The van der Waals surface area contributed by atoms with E-state index in [4.69, 9.17) is 5.26 Å². The lowest BCUT2D eigenvalue weighted by molar-refractivity contribution is -0.138. The number of H-pyrrole nitrogens is 1. The minimum absolute atomic E-state index is 0.0155. The van der Waals surface area contributed by atoms with Crippen LogP contribution >= 0.6 is 11.3 Å². The zero-order valence-corrected chi connectivity index (χ0v) is 20.8. The van der Waals surface area contributed by atoms with E-state index in [0.717, 1.165) is 11.3 Å². The first-order valence-corrected chi connectivity index (χ1v) is 12.0. The summed E-state index contributed by atoms with van der Waals surface area (Å²) in [5, 5.41) is 13.2. The predicted octanol–water partition coefficient (Wildman–Crippen LogP) is 4.31. The van der Waals surface area contributed by atoms with Gasteiger partial charge < -0.3 is 15.2 Å². The second-order valence-corrected chi connectivity index (χ2v) is 9.70. The van der Waals surface area contributed by atoms with Crippen LogP contribution in [0.2, 0.25) is 0 Å². The number of rotatable bonds is 4. The fraction of sp³-hybridized carbons (Fsp3) is 0.333. The molecule has 2 atom stereocenters. The molecule has 8 nitrogen and oxygen atoms in total. The fourth-order valence-electron chi connectivity index (χ4n) is 4.22. The van der Waals surface area contributed by atoms with E-state index in [1.807, 2.05) is 31.9 Å². The van der Waals surface area contributed by atoms with E-state index in [1.54, 1.807) is 0 Å². The molecular weight excluding hydrogens is 512 g/mol. The van der Waals surface area contributed by atoms with Crippen molar-refractivity contribution in [1.82, 2.24) is 14.9 Å². The van der Waals surface area contributed by atoms with Crippen LogP contribution in [0.25, 0.3) is 10.6 Å². The number of likely N-dealkylation sites (N-methyl/N-ethyl adjacent to an activating group) is 1. The Balaban J connectivity index is 1.81. The van der Waals surface area contributed by atoms with E-state index >= 15 is 4.39 Å². The number of alkyl halides is 3. The summed E-state index contributed by atoms with van der Waals surface area (Å²) in [6, 6.07) is 4.83. The number of anilines is 2. The third-order valence-electron chi connectivity index (χ3n) is 6.36. The third kappa shape index (κ3) is 5.35. The van der Waals surface area contributed by atoms with Crippen molar-refractivity contribution in [2.45, 2.75) is 32.1 Å². The topological polar surface area (TPSA) is 105 Å². The predicted molar refractivity (Wildman–Crippen MR) is 131 cm³/mol. The van der Waals surface area contributed by atoms with Crippen LogP contribution in [-0.4, -0.2) is 53.0 Å². The van der Waals surface area contributed by atoms with E-state index in [2.05, 4.69) is 20.2 Å². The van der Waals surface area contributed by atoms with Gasteiger partial charge in [-0.3, -0.25) is 14.5 Å². The third-order valence-corrected chi connectivity index (χ3v) is 7.23. The molecule has 1 aromatic carbocycles. The van der Waals surface area contributed by atoms with E-state index in [9.17, 15) is 22.8 Å². The molecule has 3 heterocycles. The maximum atomic E-state index is 15.3. The van der Waals surface area contributed by atoms with E-state index in [-0.39, 0.29) is 39.7 Å². The Hall–Kier alpha value is -3.76. The molecule has 0 saturated carbocycles. The van der Waals surface area contributed by atoms with Crippen LogP contribution in [-0.2, 0) is 6.18 Å². The molecule has 1 aliphatic heterocycles. The first kappa shape index (κ1) is 26.3. The number of hydrogen-bond donors (Lipinski definition) is 2. The van der Waals surface area contributed by atoms with Gasteiger partial charge in [-0.25, -0.2) is 9.37 Å². The zero-order chi connectivity index (χ0) is 27.1. The summed E-state index contributed by atoms with van der Waals surface area (Å²) in [6.45, 7) is 4.93. The summed E-state index contributed by atoms with van der Waals surface area (Å²) in [7, 11) is 1.96. The summed E-state index contributed by atoms with van der Waals surface area (Å²) in [5.41, 5.74) is -2.76. The molecule has 1 saturated heterocycles. The molecular formula is C24H22F4N6O2S. The minimum atomic E-state index is -4.95. The van der Waals surface area contributed by atoms with Crippen molar-refractivity contribution in [1.29, 1.82) is 5.26 Å². The van der Waals surface area contributed by atoms with Crippen LogP contribution in [0, 0.1) is 17.1 Å². The highest BCUT2D eigenvalue weighted by Gasteiger charge is 2.36. The number of nitriles is 1. The number of piperazine rings is 1. The van der Waals surface area contributed by atoms with Crippen molar-refractivity contribution in [3.05, 3.63) is 62.8 Å². The normalized spacial score (nSPS) is 18.5. The number of carbonyl (C=O) groups is 1. The Labute approximate surface area is 213 Å². The van der Waals surface area contributed by atoms with Gasteiger partial charge in [0.1, 0.15) is 16.9 Å². The molecule has 0 radical (unpaired) electrons. The maximum Gasteiger partial charge on any atom is 0.417 e. The Kier molecular flexibility index (Phi) is 7.07. The van der Waals surface area contributed by atoms with Crippen LogP contribution in [0.15, 0.2) is 34.6 Å². The lowest BCUT2D eigenvalue weighted by atomic mass is 10.1. The molecule has 4 rings (SSSR count). The van der Waals surface area contributed by atoms with Gasteiger partial charge in [-0.1, -0.05) is 0 Å². The van der Waals surface area contributed by atoms with Crippen molar-refractivity contribution in [2.75, 3.05) is 30.4 Å². The number of nitrogens with one attached hydrogen (secondary N) is 2. The van der Waals surface area contributed by atoms with Gasteiger partial charge in [-0.2, -0.15) is 18.4 Å². The van der Waals surface area contributed by atoms with Crippen LogP contribution in [0.4, 0.5) is 28.9 Å². The van der Waals surface area contributed by atoms with Gasteiger partial charge in [0.15, 0.2) is 5.69 Å². The average molecular weight is 535 g/mol. The molecule has 194 valence electrons. The van der Waals surface area contributed by atoms with Gasteiger partial charge in [-0.15, -0.1) is 11.3 Å². The highest BCUT2D eigenvalue weighted by atomic mass is 32.1. The molecule has 1 aliphatic rings. The van der Waals surface area contributed by atoms with Crippen molar-refractivity contribution in [3.8, 4) is 16.6 Å². The first-order valence-electron chi connectivity index (χ1n) is 11.2. The van der Waals surface area contributed by atoms with Crippen LogP contribution in [0.5, 0.6) is 0 Å². The van der Waals surface area contributed by atoms with Crippen molar-refractivity contribution in [3.63, 3.8) is 0 Å². The van der Waals surface area contributed by atoms with E-state index in [0.29, 0.717) is 25.4 Å². The van der Waals surface area contributed by atoms with Gasteiger partial charge in [0.05, 0.1) is 22.5 Å². The number of pyridine rings is 1. The van der Waals surface area contributed by atoms with E-state index in [1.165, 1.54) is 17.5 Å². The van der Waals surface area contributed by atoms with Crippen molar-refractivity contribution in [2.24, 2.45) is 0 Å². The first-order chi connectivity index (χ1) is 17.4. The monoisotopic (exact) mass is 534 g/mol. The molecule has 2 N–H and O–H groups in total. The summed E-state index contributed by atoms with van der Waals surface area (Å²) < 4.78 is 56.0.